The molecule has 2 fully saturated rings. The van der Waals surface area contributed by atoms with Gasteiger partial charge in [0, 0.05) is 38.5 Å². The predicted octanol–water partition coefficient (Wildman–Crippen LogP) is 3.09. The Morgan fingerprint density at radius 3 is 2.07 bits per heavy atom. The molecule has 1 aliphatic heterocycles. The molecule has 1 saturated heterocycles. The van der Waals surface area contributed by atoms with E-state index >= 15 is 0 Å². The minimum absolute atomic E-state index is 0.132. The number of benzene rings is 2. The number of nitrogens with zero attached hydrogens (tertiary/aromatic N) is 2. The number of carbonyl (C=O) groups is 2. The van der Waals surface area contributed by atoms with Crippen LogP contribution in [0.2, 0.25) is 0 Å². The van der Waals surface area contributed by atoms with Gasteiger partial charge in [0.2, 0.25) is 11.8 Å². The molecule has 0 aromatic heterocycles. The standard InChI is InChI=1S/C23H26N2O2/c26-22(12-11-18-7-3-1-4-8-18)24-13-15-25(16-14-24)23(27)21-17-20(21)19-9-5-2-6-10-19/h1-10,20-21H,11-17H2. The summed E-state index contributed by atoms with van der Waals surface area (Å²) in [7, 11) is 0. The Labute approximate surface area is 160 Å². The van der Waals surface area contributed by atoms with E-state index < -0.39 is 0 Å². The second kappa shape index (κ2) is 7.95. The minimum Gasteiger partial charge on any atom is -0.339 e. The van der Waals surface area contributed by atoms with Gasteiger partial charge in [-0.2, -0.15) is 0 Å². The van der Waals surface area contributed by atoms with Crippen molar-refractivity contribution in [3.8, 4) is 0 Å². The summed E-state index contributed by atoms with van der Waals surface area (Å²) < 4.78 is 0. The third-order valence-corrected chi connectivity index (χ3v) is 5.75. The van der Waals surface area contributed by atoms with Crippen LogP contribution in [0.3, 0.4) is 0 Å². The molecule has 1 heterocycles. The molecular weight excluding hydrogens is 336 g/mol. The van der Waals surface area contributed by atoms with Gasteiger partial charge < -0.3 is 9.80 Å². The summed E-state index contributed by atoms with van der Waals surface area (Å²) in [5.41, 5.74) is 2.46. The molecule has 2 atom stereocenters. The highest BCUT2D eigenvalue weighted by Gasteiger charge is 2.46. The van der Waals surface area contributed by atoms with E-state index in [1.165, 1.54) is 11.1 Å². The van der Waals surface area contributed by atoms with Gasteiger partial charge in [-0.1, -0.05) is 60.7 Å². The van der Waals surface area contributed by atoms with Gasteiger partial charge in [-0.3, -0.25) is 9.59 Å². The molecule has 0 bridgehead atoms. The number of aryl methyl sites for hydroxylation is 1. The Morgan fingerprint density at radius 1 is 0.815 bits per heavy atom. The van der Waals surface area contributed by atoms with Crippen LogP contribution in [0.15, 0.2) is 60.7 Å². The molecule has 4 rings (SSSR count). The fraction of sp³-hybridized carbons (Fsp3) is 0.391. The highest BCUT2D eigenvalue weighted by Crippen LogP contribution is 2.48. The summed E-state index contributed by atoms with van der Waals surface area (Å²) in [5.74, 6) is 0.969. The van der Waals surface area contributed by atoms with Crippen molar-refractivity contribution in [2.75, 3.05) is 26.2 Å². The van der Waals surface area contributed by atoms with Gasteiger partial charge in [-0.05, 0) is 29.9 Å². The lowest BCUT2D eigenvalue weighted by atomic mass is 10.1. The van der Waals surface area contributed by atoms with E-state index in [-0.39, 0.29) is 17.7 Å². The van der Waals surface area contributed by atoms with Crippen molar-refractivity contribution in [2.45, 2.75) is 25.2 Å². The maximum Gasteiger partial charge on any atom is 0.226 e. The van der Waals surface area contributed by atoms with Crippen LogP contribution in [-0.4, -0.2) is 47.8 Å². The van der Waals surface area contributed by atoms with Gasteiger partial charge in [-0.25, -0.2) is 0 Å². The second-order valence-corrected chi connectivity index (χ2v) is 7.55. The van der Waals surface area contributed by atoms with E-state index in [1.54, 1.807) is 0 Å². The number of amides is 2. The van der Waals surface area contributed by atoms with Crippen LogP contribution < -0.4 is 0 Å². The summed E-state index contributed by atoms with van der Waals surface area (Å²) in [5, 5.41) is 0. The molecule has 1 aliphatic carbocycles. The van der Waals surface area contributed by atoms with E-state index in [4.69, 9.17) is 0 Å². The number of piperazine rings is 1. The highest BCUT2D eigenvalue weighted by atomic mass is 16.2. The number of hydrogen-bond donors (Lipinski definition) is 0. The van der Waals surface area contributed by atoms with Crippen molar-refractivity contribution < 1.29 is 9.59 Å². The van der Waals surface area contributed by atoms with E-state index in [0.717, 1.165) is 12.8 Å². The summed E-state index contributed by atoms with van der Waals surface area (Å²) in [4.78, 5) is 29.1. The molecule has 2 aliphatic rings. The van der Waals surface area contributed by atoms with Crippen molar-refractivity contribution >= 4 is 11.8 Å². The molecular formula is C23H26N2O2. The lowest BCUT2D eigenvalue weighted by Gasteiger charge is -2.35. The van der Waals surface area contributed by atoms with Crippen molar-refractivity contribution in [1.29, 1.82) is 0 Å². The molecule has 140 valence electrons. The van der Waals surface area contributed by atoms with E-state index in [9.17, 15) is 9.59 Å². The average Bonchev–Trinajstić information content (AvgIpc) is 3.54. The highest BCUT2D eigenvalue weighted by molar-refractivity contribution is 5.83. The second-order valence-electron chi connectivity index (χ2n) is 7.55. The van der Waals surface area contributed by atoms with Gasteiger partial charge in [0.05, 0.1) is 0 Å². The van der Waals surface area contributed by atoms with Gasteiger partial charge in [0.1, 0.15) is 0 Å². The predicted molar refractivity (Wildman–Crippen MR) is 105 cm³/mol. The molecule has 27 heavy (non-hydrogen) atoms. The molecule has 2 aromatic rings. The minimum atomic E-state index is 0.132. The third-order valence-electron chi connectivity index (χ3n) is 5.75. The normalized spacial score (nSPS) is 21.8. The zero-order valence-corrected chi connectivity index (χ0v) is 15.6. The van der Waals surface area contributed by atoms with Crippen LogP contribution in [0.1, 0.15) is 29.9 Å². The summed E-state index contributed by atoms with van der Waals surface area (Å²) in [6.45, 7) is 2.63. The van der Waals surface area contributed by atoms with Crippen LogP contribution in [0.4, 0.5) is 0 Å². The van der Waals surface area contributed by atoms with Gasteiger partial charge >= 0.3 is 0 Å². The average molecular weight is 362 g/mol. The van der Waals surface area contributed by atoms with Crippen molar-refractivity contribution in [3.63, 3.8) is 0 Å². The lowest BCUT2D eigenvalue weighted by Crippen LogP contribution is -2.51. The molecule has 0 spiro atoms. The molecule has 1 saturated carbocycles. The number of rotatable bonds is 5. The van der Waals surface area contributed by atoms with Crippen LogP contribution >= 0.6 is 0 Å². The maximum atomic E-state index is 12.8. The van der Waals surface area contributed by atoms with E-state index in [0.29, 0.717) is 38.5 Å². The molecule has 4 nitrogen and oxygen atoms in total. The van der Waals surface area contributed by atoms with Gasteiger partial charge in [0.25, 0.3) is 0 Å². The van der Waals surface area contributed by atoms with Crippen LogP contribution in [-0.2, 0) is 16.0 Å². The van der Waals surface area contributed by atoms with Gasteiger partial charge in [-0.15, -0.1) is 0 Å². The largest absolute Gasteiger partial charge is 0.339 e. The fourth-order valence-corrected chi connectivity index (χ4v) is 4.00. The van der Waals surface area contributed by atoms with Crippen LogP contribution in [0, 0.1) is 5.92 Å². The Morgan fingerprint density at radius 2 is 1.41 bits per heavy atom. The molecule has 0 radical (unpaired) electrons. The molecule has 2 amide bonds. The topological polar surface area (TPSA) is 40.6 Å². The summed E-state index contributed by atoms with van der Waals surface area (Å²) in [6, 6.07) is 20.4. The Bertz CT molecular complexity index is 783. The fourth-order valence-electron chi connectivity index (χ4n) is 4.00. The SMILES string of the molecule is O=C(CCc1ccccc1)N1CCN(C(=O)C2CC2c2ccccc2)CC1. The van der Waals surface area contributed by atoms with Crippen LogP contribution in [0.25, 0.3) is 0 Å². The van der Waals surface area contributed by atoms with E-state index in [2.05, 4.69) is 24.3 Å². The first kappa shape index (κ1) is 17.8. The zero-order valence-electron chi connectivity index (χ0n) is 15.6. The number of hydrogen-bond acceptors (Lipinski definition) is 2. The number of carbonyl (C=O) groups excluding carboxylic acids is 2. The third kappa shape index (κ3) is 4.21. The molecule has 2 unspecified atom stereocenters. The molecule has 4 heteroatoms. The Hall–Kier alpha value is -2.62. The van der Waals surface area contributed by atoms with Crippen molar-refractivity contribution in [3.05, 3.63) is 71.8 Å². The molecule has 2 aromatic carbocycles. The monoisotopic (exact) mass is 362 g/mol. The quantitative estimate of drug-likeness (QED) is 0.820. The van der Waals surface area contributed by atoms with Crippen molar-refractivity contribution in [2.24, 2.45) is 5.92 Å². The van der Waals surface area contributed by atoms with Crippen molar-refractivity contribution in [1.82, 2.24) is 9.80 Å². The maximum absolute atomic E-state index is 12.8. The van der Waals surface area contributed by atoms with Crippen LogP contribution in [0.5, 0.6) is 0 Å². The first-order chi connectivity index (χ1) is 13.2. The first-order valence-corrected chi connectivity index (χ1v) is 9.88. The van der Waals surface area contributed by atoms with Gasteiger partial charge in [0.15, 0.2) is 0 Å². The first-order valence-electron chi connectivity index (χ1n) is 9.88. The Kier molecular flexibility index (Phi) is 5.23. The summed E-state index contributed by atoms with van der Waals surface area (Å²) >= 11 is 0. The smallest absolute Gasteiger partial charge is 0.226 e. The zero-order chi connectivity index (χ0) is 18.6. The lowest BCUT2D eigenvalue weighted by molar-refractivity contribution is -0.140. The van der Waals surface area contributed by atoms with E-state index in [1.807, 2.05) is 46.2 Å². The molecule has 0 N–H and O–H groups in total. The summed E-state index contributed by atoms with van der Waals surface area (Å²) in [6.07, 6.45) is 2.27. The Balaban J connectivity index is 1.23.